The minimum atomic E-state index is -3.59. The summed E-state index contributed by atoms with van der Waals surface area (Å²) in [5, 5.41) is -1.19. The molecule has 0 bridgehead atoms. The van der Waals surface area contributed by atoms with Crippen molar-refractivity contribution in [2.75, 3.05) is 18.9 Å². The highest BCUT2D eigenvalue weighted by atomic mass is 32.2. The second-order valence-electron chi connectivity index (χ2n) is 6.40. The number of nitrogens with zero attached hydrogens (tertiary/aromatic N) is 1. The van der Waals surface area contributed by atoms with Crippen molar-refractivity contribution >= 4 is 27.6 Å². The normalized spacial score (nSPS) is 18.0. The van der Waals surface area contributed by atoms with E-state index in [-0.39, 0.29) is 24.1 Å². The third kappa shape index (κ3) is 7.13. The fourth-order valence-corrected chi connectivity index (χ4v) is 4.50. The molecule has 0 aromatic carbocycles. The Morgan fingerprint density at radius 3 is 2.40 bits per heavy atom. The smallest absolute Gasteiger partial charge is 0.302 e. The molecule has 0 radical (unpaired) electrons. The third-order valence-electron chi connectivity index (χ3n) is 4.25. The first-order chi connectivity index (χ1) is 11.8. The van der Waals surface area contributed by atoms with Crippen LogP contribution in [-0.2, 0) is 29.0 Å². The zero-order valence-electron chi connectivity index (χ0n) is 15.2. The average molecular weight is 375 g/mol. The standard InChI is InChI=1S/C17H29NO6S/c1-3-4-10-18-16(20)13-15(17(18)21)25(22,23)12-9-7-5-6-8-11-24-14(2)19/h15H,3-13H2,1-2H3. The molecule has 1 atom stereocenters. The Morgan fingerprint density at radius 2 is 1.76 bits per heavy atom. The lowest BCUT2D eigenvalue weighted by molar-refractivity contribution is -0.141. The first-order valence-corrected chi connectivity index (χ1v) is 10.7. The monoisotopic (exact) mass is 375 g/mol. The molecule has 0 aliphatic carbocycles. The number of amides is 2. The van der Waals surface area contributed by atoms with Crippen LogP contribution >= 0.6 is 0 Å². The molecule has 0 saturated carbocycles. The second kappa shape index (κ2) is 10.5. The van der Waals surface area contributed by atoms with Gasteiger partial charge in [-0.05, 0) is 19.3 Å². The van der Waals surface area contributed by atoms with E-state index in [1.54, 1.807) is 0 Å². The molecule has 8 heteroatoms. The first-order valence-electron chi connectivity index (χ1n) is 8.98. The second-order valence-corrected chi connectivity index (χ2v) is 8.71. The van der Waals surface area contributed by atoms with Crippen LogP contribution in [0.25, 0.3) is 0 Å². The van der Waals surface area contributed by atoms with E-state index in [9.17, 15) is 22.8 Å². The number of carbonyl (C=O) groups is 3. The van der Waals surface area contributed by atoms with Crippen LogP contribution < -0.4 is 0 Å². The van der Waals surface area contributed by atoms with Crippen LogP contribution in [0.3, 0.4) is 0 Å². The van der Waals surface area contributed by atoms with Crippen molar-refractivity contribution in [2.24, 2.45) is 0 Å². The van der Waals surface area contributed by atoms with Gasteiger partial charge in [0.05, 0.1) is 18.8 Å². The zero-order valence-corrected chi connectivity index (χ0v) is 16.0. The first kappa shape index (κ1) is 21.6. The predicted molar refractivity (Wildman–Crippen MR) is 93.5 cm³/mol. The lowest BCUT2D eigenvalue weighted by Crippen LogP contribution is -2.36. The molecular weight excluding hydrogens is 346 g/mol. The molecule has 1 aliphatic rings. The van der Waals surface area contributed by atoms with E-state index < -0.39 is 21.0 Å². The minimum Gasteiger partial charge on any atom is -0.466 e. The number of rotatable bonds is 12. The van der Waals surface area contributed by atoms with Crippen LogP contribution in [0.4, 0.5) is 0 Å². The number of likely N-dealkylation sites (tertiary alicyclic amines) is 1. The van der Waals surface area contributed by atoms with Crippen LogP contribution in [0.15, 0.2) is 0 Å². The quantitative estimate of drug-likeness (QED) is 0.293. The van der Waals surface area contributed by atoms with Crippen molar-refractivity contribution in [1.82, 2.24) is 4.90 Å². The number of hydrogen-bond donors (Lipinski definition) is 0. The van der Waals surface area contributed by atoms with Gasteiger partial charge in [0.2, 0.25) is 11.8 Å². The molecule has 1 saturated heterocycles. The van der Waals surface area contributed by atoms with Crippen LogP contribution in [0.1, 0.15) is 65.2 Å². The van der Waals surface area contributed by atoms with E-state index in [1.807, 2.05) is 6.92 Å². The van der Waals surface area contributed by atoms with E-state index in [4.69, 9.17) is 4.74 Å². The zero-order chi connectivity index (χ0) is 18.9. The number of ether oxygens (including phenoxy) is 1. The van der Waals surface area contributed by atoms with Gasteiger partial charge >= 0.3 is 5.97 Å². The summed E-state index contributed by atoms with van der Waals surface area (Å²) in [7, 11) is -3.59. The molecule has 1 aliphatic heterocycles. The number of unbranched alkanes of at least 4 members (excludes halogenated alkanes) is 5. The molecule has 25 heavy (non-hydrogen) atoms. The van der Waals surface area contributed by atoms with Gasteiger partial charge in [-0.25, -0.2) is 8.42 Å². The molecule has 7 nitrogen and oxygen atoms in total. The van der Waals surface area contributed by atoms with Crippen molar-refractivity contribution in [1.29, 1.82) is 0 Å². The number of imide groups is 1. The van der Waals surface area contributed by atoms with Gasteiger partial charge in [-0.15, -0.1) is 0 Å². The largest absolute Gasteiger partial charge is 0.466 e. The fraction of sp³-hybridized carbons (Fsp3) is 0.824. The van der Waals surface area contributed by atoms with Crippen molar-refractivity contribution in [3.63, 3.8) is 0 Å². The molecule has 1 fully saturated rings. The SMILES string of the molecule is CCCCN1C(=O)CC(S(=O)(=O)CCCCCCCOC(C)=O)C1=O. The summed E-state index contributed by atoms with van der Waals surface area (Å²) in [4.78, 5) is 35.8. The summed E-state index contributed by atoms with van der Waals surface area (Å²) in [6, 6.07) is 0. The van der Waals surface area contributed by atoms with Crippen molar-refractivity contribution in [3.05, 3.63) is 0 Å². The van der Waals surface area contributed by atoms with Gasteiger partial charge in [-0.1, -0.05) is 32.6 Å². The molecule has 2 amide bonds. The Balaban J connectivity index is 2.32. The summed E-state index contributed by atoms with van der Waals surface area (Å²) in [5.74, 6) is -1.30. The summed E-state index contributed by atoms with van der Waals surface area (Å²) >= 11 is 0. The van der Waals surface area contributed by atoms with Gasteiger partial charge in [0.15, 0.2) is 9.84 Å². The Bertz CT molecular complexity index is 572. The average Bonchev–Trinajstić information content (AvgIpc) is 2.83. The Kier molecular flexibility index (Phi) is 9.10. The van der Waals surface area contributed by atoms with Crippen molar-refractivity contribution in [3.8, 4) is 0 Å². The van der Waals surface area contributed by atoms with Gasteiger partial charge < -0.3 is 4.74 Å². The van der Waals surface area contributed by atoms with Gasteiger partial charge in [0.25, 0.3) is 0 Å². The fourth-order valence-electron chi connectivity index (χ4n) is 2.78. The van der Waals surface area contributed by atoms with E-state index >= 15 is 0 Å². The summed E-state index contributed by atoms with van der Waals surface area (Å²) < 4.78 is 29.5. The summed E-state index contributed by atoms with van der Waals surface area (Å²) in [6.45, 7) is 4.01. The Hall–Kier alpha value is -1.44. The maximum atomic E-state index is 12.4. The molecule has 1 rings (SSSR count). The van der Waals surface area contributed by atoms with Crippen molar-refractivity contribution < 1.29 is 27.5 Å². The van der Waals surface area contributed by atoms with E-state index in [0.717, 1.165) is 37.0 Å². The topological polar surface area (TPSA) is 97.8 Å². The summed E-state index contributed by atoms with van der Waals surface area (Å²) in [5.41, 5.74) is 0. The van der Waals surface area contributed by atoms with Crippen LogP contribution in [-0.4, -0.2) is 55.3 Å². The molecule has 0 spiro atoms. The summed E-state index contributed by atoms with van der Waals surface area (Å²) in [6.07, 6.45) is 4.98. The molecule has 144 valence electrons. The van der Waals surface area contributed by atoms with Crippen LogP contribution in [0.5, 0.6) is 0 Å². The van der Waals surface area contributed by atoms with Gasteiger partial charge in [0.1, 0.15) is 5.25 Å². The van der Waals surface area contributed by atoms with Gasteiger partial charge in [-0.3, -0.25) is 19.3 Å². The molecule has 0 aromatic heterocycles. The Morgan fingerprint density at radius 1 is 1.12 bits per heavy atom. The molecule has 0 N–H and O–H groups in total. The van der Waals surface area contributed by atoms with E-state index in [2.05, 4.69) is 0 Å². The van der Waals surface area contributed by atoms with E-state index in [0.29, 0.717) is 26.0 Å². The Labute approximate surface area is 150 Å². The minimum absolute atomic E-state index is 0.0672. The van der Waals surface area contributed by atoms with Gasteiger partial charge in [-0.2, -0.15) is 0 Å². The lowest BCUT2D eigenvalue weighted by atomic mass is 10.2. The molecule has 1 unspecified atom stereocenters. The predicted octanol–water partition coefficient (Wildman–Crippen LogP) is 1.84. The third-order valence-corrected chi connectivity index (χ3v) is 6.34. The highest BCUT2D eigenvalue weighted by Crippen LogP contribution is 2.22. The maximum Gasteiger partial charge on any atom is 0.302 e. The molecular formula is C17H29NO6S. The van der Waals surface area contributed by atoms with E-state index in [1.165, 1.54) is 6.92 Å². The highest BCUT2D eigenvalue weighted by Gasteiger charge is 2.45. The highest BCUT2D eigenvalue weighted by molar-refractivity contribution is 7.92. The number of esters is 1. The molecule has 0 aromatic rings. The molecule has 1 heterocycles. The maximum absolute atomic E-state index is 12.4. The number of sulfone groups is 1. The van der Waals surface area contributed by atoms with Crippen LogP contribution in [0, 0.1) is 0 Å². The van der Waals surface area contributed by atoms with Crippen molar-refractivity contribution in [2.45, 2.75) is 70.5 Å². The number of carbonyl (C=O) groups excluding carboxylic acids is 3. The van der Waals surface area contributed by atoms with Crippen LogP contribution in [0.2, 0.25) is 0 Å². The van der Waals surface area contributed by atoms with Gasteiger partial charge in [0, 0.05) is 13.5 Å². The number of hydrogen-bond acceptors (Lipinski definition) is 6. The lowest BCUT2D eigenvalue weighted by Gasteiger charge is -2.14.